The molecule has 0 aliphatic carbocycles. The summed E-state index contributed by atoms with van der Waals surface area (Å²) in [4.78, 5) is 6.71. The lowest BCUT2D eigenvalue weighted by atomic mass is 10.0. The smallest absolute Gasteiger partial charge is 0.0529 e. The molecule has 0 spiro atoms. The Bertz CT molecular complexity index is 988. The van der Waals surface area contributed by atoms with Crippen LogP contribution in [0.4, 0.5) is 0 Å². The van der Waals surface area contributed by atoms with E-state index in [1.165, 1.54) is 38.9 Å². The third kappa shape index (κ3) is 3.75. The van der Waals surface area contributed by atoms with Gasteiger partial charge in [0.05, 0.1) is 5.52 Å². The minimum Gasteiger partial charge on any atom is -0.385 e. The molecule has 4 nitrogen and oxygen atoms in total. The average Bonchev–Trinajstić information content (AvgIpc) is 3.01. The molecular formula is C24H29N3O. The number of fused-ring (bicyclic) bond motifs is 3. The van der Waals surface area contributed by atoms with Gasteiger partial charge < -0.3 is 9.30 Å². The molecule has 3 aromatic rings. The number of methoxy groups -OCH3 is 1. The van der Waals surface area contributed by atoms with Crippen molar-refractivity contribution in [3.63, 3.8) is 0 Å². The second-order valence-corrected chi connectivity index (χ2v) is 7.74. The maximum Gasteiger partial charge on any atom is 0.0529 e. The third-order valence-corrected chi connectivity index (χ3v) is 5.70. The van der Waals surface area contributed by atoms with Crippen molar-refractivity contribution in [2.24, 2.45) is 0 Å². The van der Waals surface area contributed by atoms with E-state index in [4.69, 9.17) is 4.74 Å². The standard InChI is InChI=1S/C24H29N3O/c1-18-5-6-23-21(15-18)22-17-26(12-4-14-28-3)13-9-24(22)27(23)16-19(2)20-7-10-25-11-8-20/h5-8,10-11,15-16H,4,9,12-14,17H2,1-3H3/b19-16-. The number of aromatic nitrogens is 2. The van der Waals surface area contributed by atoms with Crippen LogP contribution in [0.25, 0.3) is 22.7 Å². The minimum absolute atomic E-state index is 0.831. The summed E-state index contributed by atoms with van der Waals surface area (Å²) >= 11 is 0. The first-order valence-electron chi connectivity index (χ1n) is 10.1. The number of hydrogen-bond donors (Lipinski definition) is 0. The van der Waals surface area contributed by atoms with E-state index < -0.39 is 0 Å². The molecule has 0 N–H and O–H groups in total. The Labute approximate surface area is 167 Å². The highest BCUT2D eigenvalue weighted by Crippen LogP contribution is 2.33. The first-order chi connectivity index (χ1) is 13.7. The van der Waals surface area contributed by atoms with Gasteiger partial charge in [-0.1, -0.05) is 11.6 Å². The van der Waals surface area contributed by atoms with Gasteiger partial charge in [0, 0.05) is 69.4 Å². The zero-order chi connectivity index (χ0) is 19.5. The molecule has 0 saturated heterocycles. The zero-order valence-corrected chi connectivity index (χ0v) is 17.1. The van der Waals surface area contributed by atoms with Gasteiger partial charge in [-0.15, -0.1) is 0 Å². The van der Waals surface area contributed by atoms with Gasteiger partial charge in [-0.2, -0.15) is 0 Å². The molecule has 0 fully saturated rings. The molecule has 4 rings (SSSR count). The molecule has 1 aliphatic heterocycles. The summed E-state index contributed by atoms with van der Waals surface area (Å²) in [5.41, 5.74) is 8.04. The van der Waals surface area contributed by atoms with Gasteiger partial charge in [-0.05, 0) is 61.2 Å². The summed E-state index contributed by atoms with van der Waals surface area (Å²) in [5.74, 6) is 0. The fourth-order valence-corrected chi connectivity index (χ4v) is 4.22. The van der Waals surface area contributed by atoms with Gasteiger partial charge in [0.2, 0.25) is 0 Å². The summed E-state index contributed by atoms with van der Waals surface area (Å²) in [6.07, 6.45) is 8.18. The van der Waals surface area contributed by atoms with Gasteiger partial charge in [0.1, 0.15) is 0 Å². The van der Waals surface area contributed by atoms with Crippen molar-refractivity contribution in [3.05, 3.63) is 65.1 Å². The summed E-state index contributed by atoms with van der Waals surface area (Å²) < 4.78 is 7.66. The van der Waals surface area contributed by atoms with Gasteiger partial charge in [-0.3, -0.25) is 9.88 Å². The molecule has 0 saturated carbocycles. The Balaban J connectivity index is 1.74. The Kier molecular flexibility index (Phi) is 5.60. The van der Waals surface area contributed by atoms with Crippen LogP contribution in [-0.4, -0.2) is 41.3 Å². The van der Waals surface area contributed by atoms with Crippen LogP contribution >= 0.6 is 0 Å². The summed E-state index contributed by atoms with van der Waals surface area (Å²) in [7, 11) is 1.78. The van der Waals surface area contributed by atoms with Crippen molar-refractivity contribution in [2.45, 2.75) is 33.2 Å². The van der Waals surface area contributed by atoms with Gasteiger partial charge in [0.15, 0.2) is 0 Å². The highest BCUT2D eigenvalue weighted by Gasteiger charge is 2.23. The SMILES string of the molecule is COCCCN1CCc2c(c3cc(C)ccc3n2/C=C(/C)c2ccncc2)C1. The number of aryl methyl sites for hydroxylation is 1. The molecule has 0 atom stereocenters. The fourth-order valence-electron chi connectivity index (χ4n) is 4.22. The van der Waals surface area contributed by atoms with Crippen LogP contribution in [-0.2, 0) is 17.7 Å². The van der Waals surface area contributed by atoms with Crippen molar-refractivity contribution >= 4 is 22.7 Å². The number of nitrogens with zero attached hydrogens (tertiary/aromatic N) is 3. The molecule has 1 aromatic carbocycles. The Morgan fingerprint density at radius 2 is 2.04 bits per heavy atom. The van der Waals surface area contributed by atoms with E-state index in [9.17, 15) is 0 Å². The van der Waals surface area contributed by atoms with E-state index in [0.29, 0.717) is 0 Å². The van der Waals surface area contributed by atoms with Crippen molar-refractivity contribution < 1.29 is 4.74 Å². The van der Waals surface area contributed by atoms with E-state index >= 15 is 0 Å². The molecule has 4 heteroatoms. The number of benzene rings is 1. The minimum atomic E-state index is 0.831. The highest BCUT2D eigenvalue weighted by molar-refractivity contribution is 5.90. The van der Waals surface area contributed by atoms with E-state index in [1.807, 2.05) is 12.4 Å². The molecule has 0 radical (unpaired) electrons. The normalized spacial score (nSPS) is 15.2. The maximum absolute atomic E-state index is 5.24. The van der Waals surface area contributed by atoms with Crippen LogP contribution in [0.2, 0.25) is 0 Å². The fraction of sp³-hybridized carbons (Fsp3) is 0.375. The lowest BCUT2D eigenvalue weighted by Gasteiger charge is -2.27. The first-order valence-corrected chi connectivity index (χ1v) is 10.1. The lowest BCUT2D eigenvalue weighted by molar-refractivity contribution is 0.167. The van der Waals surface area contributed by atoms with E-state index in [2.05, 4.69) is 64.8 Å². The van der Waals surface area contributed by atoms with Gasteiger partial charge >= 0.3 is 0 Å². The van der Waals surface area contributed by atoms with Gasteiger partial charge in [-0.25, -0.2) is 0 Å². The zero-order valence-electron chi connectivity index (χ0n) is 17.1. The largest absolute Gasteiger partial charge is 0.385 e. The molecular weight excluding hydrogens is 346 g/mol. The quantitative estimate of drug-likeness (QED) is 0.582. The summed E-state index contributed by atoms with van der Waals surface area (Å²) in [6.45, 7) is 8.42. The predicted octanol–water partition coefficient (Wildman–Crippen LogP) is 4.76. The van der Waals surface area contributed by atoms with Crippen molar-refractivity contribution in [1.82, 2.24) is 14.5 Å². The average molecular weight is 376 g/mol. The highest BCUT2D eigenvalue weighted by atomic mass is 16.5. The monoisotopic (exact) mass is 375 g/mol. The topological polar surface area (TPSA) is 30.3 Å². The molecule has 0 unspecified atom stereocenters. The number of rotatable bonds is 6. The van der Waals surface area contributed by atoms with E-state index in [-0.39, 0.29) is 0 Å². The molecule has 2 aromatic heterocycles. The third-order valence-electron chi connectivity index (χ3n) is 5.70. The van der Waals surface area contributed by atoms with Gasteiger partial charge in [0.25, 0.3) is 0 Å². The first kappa shape index (κ1) is 18.9. The maximum atomic E-state index is 5.24. The van der Waals surface area contributed by atoms with Crippen molar-refractivity contribution in [2.75, 3.05) is 26.8 Å². The molecule has 146 valence electrons. The predicted molar refractivity (Wildman–Crippen MR) is 116 cm³/mol. The van der Waals surface area contributed by atoms with Crippen molar-refractivity contribution in [3.8, 4) is 0 Å². The molecule has 0 bridgehead atoms. The Morgan fingerprint density at radius 3 is 2.82 bits per heavy atom. The van der Waals surface area contributed by atoms with Crippen LogP contribution in [0.3, 0.4) is 0 Å². The van der Waals surface area contributed by atoms with E-state index in [0.717, 1.165) is 39.1 Å². The van der Waals surface area contributed by atoms with Crippen LogP contribution in [0.5, 0.6) is 0 Å². The van der Waals surface area contributed by atoms with Crippen LogP contribution in [0, 0.1) is 6.92 Å². The Morgan fingerprint density at radius 1 is 1.21 bits per heavy atom. The Hall–Kier alpha value is -2.43. The van der Waals surface area contributed by atoms with E-state index in [1.54, 1.807) is 7.11 Å². The molecule has 28 heavy (non-hydrogen) atoms. The summed E-state index contributed by atoms with van der Waals surface area (Å²) in [6, 6.07) is 11.0. The molecule has 3 heterocycles. The van der Waals surface area contributed by atoms with Crippen LogP contribution in [0.1, 0.15) is 35.7 Å². The second kappa shape index (κ2) is 8.29. The van der Waals surface area contributed by atoms with Crippen LogP contribution < -0.4 is 0 Å². The summed E-state index contributed by atoms with van der Waals surface area (Å²) in [5, 5.41) is 1.39. The number of ether oxygens (including phenoxy) is 1. The number of allylic oxidation sites excluding steroid dienone is 1. The number of pyridine rings is 1. The lowest BCUT2D eigenvalue weighted by Crippen LogP contribution is -2.32. The second-order valence-electron chi connectivity index (χ2n) is 7.74. The number of hydrogen-bond acceptors (Lipinski definition) is 3. The molecule has 0 amide bonds. The van der Waals surface area contributed by atoms with Crippen LogP contribution in [0.15, 0.2) is 42.7 Å². The van der Waals surface area contributed by atoms with Crippen molar-refractivity contribution in [1.29, 1.82) is 0 Å². The molecule has 1 aliphatic rings.